The van der Waals surface area contributed by atoms with Crippen LogP contribution in [0.2, 0.25) is 0 Å². The van der Waals surface area contributed by atoms with Crippen LogP contribution in [0.25, 0.3) is 5.69 Å². The first-order valence-corrected chi connectivity index (χ1v) is 7.20. The van der Waals surface area contributed by atoms with Gasteiger partial charge in [0.2, 0.25) is 0 Å². The Kier molecular flexibility index (Phi) is 3.66. The summed E-state index contributed by atoms with van der Waals surface area (Å²) >= 11 is 0. The third-order valence-corrected chi connectivity index (χ3v) is 3.70. The van der Waals surface area contributed by atoms with Crippen LogP contribution in [-0.2, 0) is 4.79 Å². The molecular formula is C16H17N3O3. The maximum atomic E-state index is 12.6. The molecule has 1 heterocycles. The minimum atomic E-state index is -0.992. The molecule has 3 rings (SSSR count). The zero-order chi connectivity index (χ0) is 15.7. The lowest BCUT2D eigenvalue weighted by Crippen LogP contribution is -2.37. The minimum absolute atomic E-state index is 0.0445. The number of carbonyl (C=O) groups excluding carboxylic acids is 1. The van der Waals surface area contributed by atoms with Crippen molar-refractivity contribution in [2.45, 2.75) is 25.8 Å². The molecule has 0 saturated heterocycles. The standard InChI is InChI=1S/C16H17N3O3/c1-11-14(9-19(17-11)13-5-3-2-4-6-13)16(22)18(10-15(20)21)12-7-8-12/h2-6,9,12H,7-8,10H2,1H3,(H,20,21). The summed E-state index contributed by atoms with van der Waals surface area (Å²) in [5, 5.41) is 13.4. The smallest absolute Gasteiger partial charge is 0.323 e. The Balaban J connectivity index is 1.89. The fourth-order valence-corrected chi connectivity index (χ4v) is 2.44. The molecule has 1 aromatic heterocycles. The Morgan fingerprint density at radius 1 is 1.32 bits per heavy atom. The van der Waals surface area contributed by atoms with Crippen LogP contribution < -0.4 is 0 Å². The second kappa shape index (κ2) is 5.63. The van der Waals surface area contributed by atoms with Crippen molar-refractivity contribution in [3.05, 3.63) is 47.8 Å². The van der Waals surface area contributed by atoms with E-state index in [-0.39, 0.29) is 18.5 Å². The Morgan fingerprint density at radius 2 is 2.00 bits per heavy atom. The number of benzene rings is 1. The van der Waals surface area contributed by atoms with E-state index in [0.29, 0.717) is 11.3 Å². The number of carbonyl (C=O) groups is 2. The highest BCUT2D eigenvalue weighted by atomic mass is 16.4. The van der Waals surface area contributed by atoms with Crippen molar-refractivity contribution in [1.82, 2.24) is 14.7 Å². The highest BCUT2D eigenvalue weighted by molar-refractivity contribution is 5.97. The highest BCUT2D eigenvalue weighted by Gasteiger charge is 2.35. The first-order valence-electron chi connectivity index (χ1n) is 7.20. The number of nitrogens with zero attached hydrogens (tertiary/aromatic N) is 3. The lowest BCUT2D eigenvalue weighted by atomic mass is 10.2. The van der Waals surface area contributed by atoms with Gasteiger partial charge >= 0.3 is 5.97 Å². The lowest BCUT2D eigenvalue weighted by Gasteiger charge is -2.19. The summed E-state index contributed by atoms with van der Waals surface area (Å²) in [6.07, 6.45) is 3.40. The molecule has 0 aliphatic heterocycles. The molecule has 0 bridgehead atoms. The first kappa shape index (κ1) is 14.3. The number of carboxylic acids is 1. The largest absolute Gasteiger partial charge is 0.480 e. The molecule has 1 aliphatic rings. The van der Waals surface area contributed by atoms with E-state index in [4.69, 9.17) is 5.11 Å². The normalized spacial score (nSPS) is 13.9. The molecular weight excluding hydrogens is 282 g/mol. The van der Waals surface area contributed by atoms with Crippen LogP contribution in [0.4, 0.5) is 0 Å². The van der Waals surface area contributed by atoms with Crippen molar-refractivity contribution in [1.29, 1.82) is 0 Å². The van der Waals surface area contributed by atoms with E-state index >= 15 is 0 Å². The molecule has 1 aliphatic carbocycles. The quantitative estimate of drug-likeness (QED) is 0.914. The van der Waals surface area contributed by atoms with Gasteiger partial charge in [0.25, 0.3) is 5.91 Å². The monoisotopic (exact) mass is 299 g/mol. The molecule has 1 saturated carbocycles. The molecule has 22 heavy (non-hydrogen) atoms. The van der Waals surface area contributed by atoms with E-state index in [2.05, 4.69) is 5.10 Å². The fourth-order valence-electron chi connectivity index (χ4n) is 2.44. The minimum Gasteiger partial charge on any atom is -0.480 e. The summed E-state index contributed by atoms with van der Waals surface area (Å²) in [7, 11) is 0. The van der Waals surface area contributed by atoms with E-state index in [1.165, 1.54) is 4.90 Å². The maximum Gasteiger partial charge on any atom is 0.323 e. The molecule has 1 fully saturated rings. The van der Waals surface area contributed by atoms with Gasteiger partial charge in [-0.3, -0.25) is 9.59 Å². The van der Waals surface area contributed by atoms with Crippen LogP contribution in [0, 0.1) is 6.92 Å². The SMILES string of the molecule is Cc1nn(-c2ccccc2)cc1C(=O)N(CC(=O)O)C1CC1. The summed E-state index contributed by atoms with van der Waals surface area (Å²) in [5.41, 5.74) is 1.92. The van der Waals surface area contributed by atoms with Gasteiger partial charge in [-0.1, -0.05) is 18.2 Å². The van der Waals surface area contributed by atoms with Crippen molar-refractivity contribution in [3.8, 4) is 5.69 Å². The zero-order valence-electron chi connectivity index (χ0n) is 12.3. The van der Waals surface area contributed by atoms with Gasteiger partial charge in [0.05, 0.1) is 16.9 Å². The van der Waals surface area contributed by atoms with E-state index in [1.807, 2.05) is 30.3 Å². The number of rotatable bonds is 5. The van der Waals surface area contributed by atoms with Crippen LogP contribution in [0.1, 0.15) is 28.9 Å². The van der Waals surface area contributed by atoms with Gasteiger partial charge < -0.3 is 10.0 Å². The molecule has 2 aromatic rings. The van der Waals surface area contributed by atoms with Crippen LogP contribution in [0.15, 0.2) is 36.5 Å². The van der Waals surface area contributed by atoms with E-state index in [1.54, 1.807) is 17.8 Å². The van der Waals surface area contributed by atoms with Gasteiger partial charge in [-0.15, -0.1) is 0 Å². The molecule has 1 N–H and O–H groups in total. The van der Waals surface area contributed by atoms with Crippen LogP contribution in [0.3, 0.4) is 0 Å². The number of para-hydroxylation sites is 1. The average molecular weight is 299 g/mol. The predicted molar refractivity (Wildman–Crippen MR) is 80.0 cm³/mol. The third kappa shape index (κ3) is 2.86. The number of amides is 1. The summed E-state index contributed by atoms with van der Waals surface area (Å²) in [5.74, 6) is -1.25. The van der Waals surface area contributed by atoms with E-state index < -0.39 is 5.97 Å². The molecule has 1 amide bonds. The molecule has 0 radical (unpaired) electrons. The molecule has 114 valence electrons. The average Bonchev–Trinajstić information content (AvgIpc) is 3.27. The Morgan fingerprint density at radius 3 is 2.59 bits per heavy atom. The van der Waals surface area contributed by atoms with Crippen LogP contribution in [0.5, 0.6) is 0 Å². The van der Waals surface area contributed by atoms with Gasteiger partial charge in [0.15, 0.2) is 0 Å². The Labute approximate surface area is 128 Å². The number of hydrogen-bond acceptors (Lipinski definition) is 3. The number of aliphatic carboxylic acids is 1. The van der Waals surface area contributed by atoms with Crippen molar-refractivity contribution >= 4 is 11.9 Å². The van der Waals surface area contributed by atoms with Gasteiger partial charge in [0, 0.05) is 12.2 Å². The lowest BCUT2D eigenvalue weighted by molar-refractivity contribution is -0.137. The van der Waals surface area contributed by atoms with Gasteiger partial charge in [-0.05, 0) is 31.9 Å². The Bertz CT molecular complexity index is 705. The third-order valence-electron chi connectivity index (χ3n) is 3.70. The van der Waals surface area contributed by atoms with Crippen molar-refractivity contribution < 1.29 is 14.7 Å². The molecule has 0 spiro atoms. The van der Waals surface area contributed by atoms with Crippen molar-refractivity contribution in [2.24, 2.45) is 0 Å². The first-order chi connectivity index (χ1) is 10.6. The number of carboxylic acid groups (broad SMARTS) is 1. The van der Waals surface area contributed by atoms with Crippen LogP contribution in [-0.4, -0.2) is 44.3 Å². The highest BCUT2D eigenvalue weighted by Crippen LogP contribution is 2.28. The second-order valence-corrected chi connectivity index (χ2v) is 5.47. The van der Waals surface area contributed by atoms with E-state index in [0.717, 1.165) is 18.5 Å². The number of hydrogen-bond donors (Lipinski definition) is 1. The molecule has 0 unspecified atom stereocenters. The second-order valence-electron chi connectivity index (χ2n) is 5.47. The number of aryl methyl sites for hydroxylation is 1. The van der Waals surface area contributed by atoms with Gasteiger partial charge in [-0.25, -0.2) is 4.68 Å². The summed E-state index contributed by atoms with van der Waals surface area (Å²) in [6, 6.07) is 9.55. The summed E-state index contributed by atoms with van der Waals surface area (Å²) in [4.78, 5) is 25.0. The Hall–Kier alpha value is -2.63. The fraction of sp³-hybridized carbons (Fsp3) is 0.312. The van der Waals surface area contributed by atoms with E-state index in [9.17, 15) is 9.59 Å². The molecule has 1 aromatic carbocycles. The summed E-state index contributed by atoms with van der Waals surface area (Å²) in [6.45, 7) is 1.50. The maximum absolute atomic E-state index is 12.6. The van der Waals surface area contributed by atoms with Crippen molar-refractivity contribution in [3.63, 3.8) is 0 Å². The summed E-state index contributed by atoms with van der Waals surface area (Å²) < 4.78 is 1.65. The zero-order valence-corrected chi connectivity index (χ0v) is 12.3. The van der Waals surface area contributed by atoms with Gasteiger partial charge in [0.1, 0.15) is 6.54 Å². The topological polar surface area (TPSA) is 75.4 Å². The molecule has 0 atom stereocenters. The number of aromatic nitrogens is 2. The van der Waals surface area contributed by atoms with Gasteiger partial charge in [-0.2, -0.15) is 5.10 Å². The van der Waals surface area contributed by atoms with Crippen molar-refractivity contribution in [2.75, 3.05) is 6.54 Å². The molecule has 6 nitrogen and oxygen atoms in total. The predicted octanol–water partition coefficient (Wildman–Crippen LogP) is 1.87. The molecule has 6 heteroatoms. The van der Waals surface area contributed by atoms with Crippen LogP contribution >= 0.6 is 0 Å².